The highest BCUT2D eigenvalue weighted by Crippen LogP contribution is 2.22. The summed E-state index contributed by atoms with van der Waals surface area (Å²) in [6.45, 7) is 1.50. The molecule has 0 bridgehead atoms. The van der Waals surface area contributed by atoms with Gasteiger partial charge in [-0.1, -0.05) is 30.3 Å². The monoisotopic (exact) mass is 228 g/mol. The van der Waals surface area contributed by atoms with Crippen molar-refractivity contribution in [2.24, 2.45) is 5.92 Å². The first-order chi connectivity index (χ1) is 8.15. The molecular weight excluding hydrogens is 216 g/mol. The molecule has 0 amide bonds. The van der Waals surface area contributed by atoms with Crippen LogP contribution in [0.25, 0.3) is 0 Å². The SMILES string of the molecule is CC(C=O)C(=O)C1=CCc2ccccc2C1=O. The Labute approximate surface area is 99.1 Å². The van der Waals surface area contributed by atoms with Gasteiger partial charge in [0.2, 0.25) is 0 Å². The smallest absolute Gasteiger partial charge is 0.196 e. The van der Waals surface area contributed by atoms with Gasteiger partial charge in [0.15, 0.2) is 11.6 Å². The lowest BCUT2D eigenvalue weighted by Crippen LogP contribution is -2.24. The number of rotatable bonds is 3. The first-order valence-corrected chi connectivity index (χ1v) is 5.47. The third kappa shape index (κ3) is 1.96. The van der Waals surface area contributed by atoms with Crippen LogP contribution >= 0.6 is 0 Å². The quantitative estimate of drug-likeness (QED) is 0.450. The van der Waals surface area contributed by atoms with Crippen LogP contribution < -0.4 is 0 Å². The lowest BCUT2D eigenvalue weighted by Gasteiger charge is -2.15. The maximum absolute atomic E-state index is 12.1. The summed E-state index contributed by atoms with van der Waals surface area (Å²) >= 11 is 0. The first-order valence-electron chi connectivity index (χ1n) is 5.47. The van der Waals surface area contributed by atoms with Crippen LogP contribution in [0.1, 0.15) is 22.8 Å². The van der Waals surface area contributed by atoms with Crippen LogP contribution in [0.2, 0.25) is 0 Å². The Bertz CT molecular complexity index is 526. The molecule has 1 aliphatic carbocycles. The van der Waals surface area contributed by atoms with Gasteiger partial charge in [-0.25, -0.2) is 0 Å². The lowest BCUT2D eigenvalue weighted by molar-refractivity contribution is -0.123. The minimum atomic E-state index is -0.754. The van der Waals surface area contributed by atoms with Crippen LogP contribution in [-0.2, 0) is 16.0 Å². The van der Waals surface area contributed by atoms with E-state index in [-0.39, 0.29) is 17.1 Å². The van der Waals surface area contributed by atoms with Crippen LogP contribution in [-0.4, -0.2) is 17.9 Å². The molecule has 0 aliphatic heterocycles. The summed E-state index contributed by atoms with van der Waals surface area (Å²) in [7, 11) is 0. The second-order valence-electron chi connectivity index (χ2n) is 4.10. The van der Waals surface area contributed by atoms with E-state index < -0.39 is 5.92 Å². The van der Waals surface area contributed by atoms with Crippen molar-refractivity contribution in [1.82, 2.24) is 0 Å². The summed E-state index contributed by atoms with van der Waals surface area (Å²) < 4.78 is 0. The molecule has 0 N–H and O–H groups in total. The topological polar surface area (TPSA) is 51.2 Å². The summed E-state index contributed by atoms with van der Waals surface area (Å²) in [6, 6.07) is 7.21. The molecule has 17 heavy (non-hydrogen) atoms. The first kappa shape index (κ1) is 11.5. The zero-order valence-electron chi connectivity index (χ0n) is 9.47. The fourth-order valence-electron chi connectivity index (χ4n) is 1.89. The largest absolute Gasteiger partial charge is 0.303 e. The number of fused-ring (bicyclic) bond motifs is 1. The Morgan fingerprint density at radius 1 is 1.35 bits per heavy atom. The summed E-state index contributed by atoms with van der Waals surface area (Å²) in [4.78, 5) is 34.5. The van der Waals surface area contributed by atoms with E-state index in [0.717, 1.165) is 5.56 Å². The van der Waals surface area contributed by atoms with Crippen molar-refractivity contribution >= 4 is 17.9 Å². The zero-order valence-corrected chi connectivity index (χ0v) is 9.47. The molecule has 3 nitrogen and oxygen atoms in total. The predicted molar refractivity (Wildman–Crippen MR) is 62.8 cm³/mol. The van der Waals surface area contributed by atoms with Crippen molar-refractivity contribution in [3.63, 3.8) is 0 Å². The number of carbonyl (C=O) groups excluding carboxylic acids is 3. The molecule has 0 saturated carbocycles. The Morgan fingerprint density at radius 3 is 2.76 bits per heavy atom. The maximum atomic E-state index is 12.1. The maximum Gasteiger partial charge on any atom is 0.196 e. The van der Waals surface area contributed by atoms with E-state index in [1.54, 1.807) is 18.2 Å². The number of Topliss-reactive ketones (excluding diaryl/α,β-unsaturated/α-hetero) is 2. The minimum Gasteiger partial charge on any atom is -0.303 e. The molecule has 1 atom stereocenters. The van der Waals surface area contributed by atoms with Crippen molar-refractivity contribution in [1.29, 1.82) is 0 Å². The van der Waals surface area contributed by atoms with E-state index in [9.17, 15) is 14.4 Å². The third-order valence-corrected chi connectivity index (χ3v) is 2.92. The molecule has 0 heterocycles. The molecule has 1 aromatic carbocycles. The van der Waals surface area contributed by atoms with Gasteiger partial charge in [-0.05, 0) is 18.9 Å². The van der Waals surface area contributed by atoms with Crippen LogP contribution in [0.5, 0.6) is 0 Å². The van der Waals surface area contributed by atoms with E-state index in [1.165, 1.54) is 6.92 Å². The van der Waals surface area contributed by atoms with Gasteiger partial charge in [0, 0.05) is 5.56 Å². The van der Waals surface area contributed by atoms with Crippen molar-refractivity contribution in [3.05, 3.63) is 47.0 Å². The summed E-state index contributed by atoms with van der Waals surface area (Å²) in [5.41, 5.74) is 1.63. The molecule has 0 spiro atoms. The van der Waals surface area contributed by atoms with E-state index in [1.807, 2.05) is 12.1 Å². The van der Waals surface area contributed by atoms with Gasteiger partial charge in [0.1, 0.15) is 6.29 Å². The van der Waals surface area contributed by atoms with Crippen molar-refractivity contribution < 1.29 is 14.4 Å². The number of hydrogen-bond donors (Lipinski definition) is 0. The van der Waals surface area contributed by atoms with Gasteiger partial charge in [-0.15, -0.1) is 0 Å². The zero-order chi connectivity index (χ0) is 12.4. The van der Waals surface area contributed by atoms with Crippen LogP contribution in [0.15, 0.2) is 35.9 Å². The van der Waals surface area contributed by atoms with E-state index in [0.29, 0.717) is 18.3 Å². The predicted octanol–water partition coefficient (Wildman–Crippen LogP) is 1.76. The van der Waals surface area contributed by atoms with Crippen molar-refractivity contribution in [2.75, 3.05) is 0 Å². The fraction of sp³-hybridized carbons (Fsp3) is 0.214. The molecule has 0 aromatic heterocycles. The Hall–Kier alpha value is -2.03. The van der Waals surface area contributed by atoms with Crippen molar-refractivity contribution in [2.45, 2.75) is 13.3 Å². The number of aldehydes is 1. The molecule has 1 aliphatic rings. The van der Waals surface area contributed by atoms with Gasteiger partial charge in [-0.2, -0.15) is 0 Å². The van der Waals surface area contributed by atoms with E-state index in [4.69, 9.17) is 0 Å². The fourth-order valence-corrected chi connectivity index (χ4v) is 1.89. The molecule has 1 unspecified atom stereocenters. The van der Waals surface area contributed by atoms with Gasteiger partial charge in [0.05, 0.1) is 11.5 Å². The second kappa shape index (κ2) is 4.45. The highest BCUT2D eigenvalue weighted by atomic mass is 16.2. The molecule has 0 saturated heterocycles. The standard InChI is InChI=1S/C14H12O3/c1-9(8-15)13(16)12-7-6-10-4-2-3-5-11(10)14(12)17/h2-5,7-9H,6H2,1H3. The molecule has 1 aromatic rings. The normalized spacial score (nSPS) is 15.8. The summed E-state index contributed by atoms with van der Waals surface area (Å²) in [5, 5.41) is 0. The van der Waals surface area contributed by atoms with E-state index >= 15 is 0 Å². The average molecular weight is 228 g/mol. The van der Waals surface area contributed by atoms with Gasteiger partial charge >= 0.3 is 0 Å². The lowest BCUT2D eigenvalue weighted by atomic mass is 9.86. The molecular formula is C14H12O3. The van der Waals surface area contributed by atoms with Gasteiger partial charge in [0.25, 0.3) is 0 Å². The van der Waals surface area contributed by atoms with Gasteiger partial charge < -0.3 is 4.79 Å². The molecule has 3 heteroatoms. The third-order valence-electron chi connectivity index (χ3n) is 2.92. The molecule has 86 valence electrons. The van der Waals surface area contributed by atoms with Crippen molar-refractivity contribution in [3.8, 4) is 0 Å². The van der Waals surface area contributed by atoms with Gasteiger partial charge in [-0.3, -0.25) is 9.59 Å². The highest BCUT2D eigenvalue weighted by Gasteiger charge is 2.27. The Kier molecular flexibility index (Phi) is 3.00. The molecule has 2 rings (SSSR count). The Balaban J connectivity index is 2.36. The Morgan fingerprint density at radius 2 is 2.06 bits per heavy atom. The number of benzene rings is 1. The number of carbonyl (C=O) groups is 3. The highest BCUT2D eigenvalue weighted by molar-refractivity contribution is 6.29. The summed E-state index contributed by atoms with van der Waals surface area (Å²) in [5.74, 6) is -1.42. The number of hydrogen-bond acceptors (Lipinski definition) is 3. The number of allylic oxidation sites excluding steroid dienone is 2. The second-order valence-corrected chi connectivity index (χ2v) is 4.10. The summed E-state index contributed by atoms with van der Waals surface area (Å²) in [6.07, 6.45) is 2.75. The molecule has 0 radical (unpaired) electrons. The van der Waals surface area contributed by atoms with Crippen LogP contribution in [0.4, 0.5) is 0 Å². The average Bonchev–Trinajstić information content (AvgIpc) is 2.38. The minimum absolute atomic E-state index is 0.142. The van der Waals surface area contributed by atoms with Crippen LogP contribution in [0, 0.1) is 5.92 Å². The number of ketones is 2. The van der Waals surface area contributed by atoms with Crippen LogP contribution in [0.3, 0.4) is 0 Å². The van der Waals surface area contributed by atoms with E-state index in [2.05, 4.69) is 0 Å². The molecule has 0 fully saturated rings.